The quantitative estimate of drug-likeness (QED) is 0.382. The summed E-state index contributed by atoms with van der Waals surface area (Å²) in [5.41, 5.74) is 5.52. The molecular formula is C32H43FN4. The number of aryl methyl sites for hydroxylation is 1. The Kier molecular flexibility index (Phi) is 11.6. The molecule has 198 valence electrons. The minimum absolute atomic E-state index is 0.411. The fraction of sp³-hybridized carbons (Fsp3) is 0.406. The van der Waals surface area contributed by atoms with E-state index in [-0.39, 0.29) is 0 Å². The maximum absolute atomic E-state index is 13.9. The maximum Gasteiger partial charge on any atom is 0.137 e. The van der Waals surface area contributed by atoms with Crippen LogP contribution in [-0.4, -0.2) is 47.7 Å². The Labute approximate surface area is 222 Å². The average Bonchev–Trinajstić information content (AvgIpc) is 3.03. The molecule has 2 aliphatic rings. The zero-order chi connectivity index (χ0) is 26.5. The minimum atomic E-state index is -0.885. The third-order valence-corrected chi connectivity index (χ3v) is 6.94. The Balaban J connectivity index is 0.00000121. The van der Waals surface area contributed by atoms with E-state index in [9.17, 15) is 4.39 Å². The second-order valence-electron chi connectivity index (χ2n) is 9.78. The maximum atomic E-state index is 13.9. The molecule has 1 saturated heterocycles. The number of hydrogen-bond donors (Lipinski definition) is 2. The van der Waals surface area contributed by atoms with Crippen molar-refractivity contribution in [3.63, 3.8) is 0 Å². The number of aromatic nitrogens is 2. The molecule has 4 nitrogen and oxygen atoms in total. The van der Waals surface area contributed by atoms with Crippen LogP contribution in [0.5, 0.6) is 0 Å². The summed E-state index contributed by atoms with van der Waals surface area (Å²) in [6.07, 6.45) is 11.4. The van der Waals surface area contributed by atoms with Crippen molar-refractivity contribution in [2.45, 2.75) is 58.0 Å². The molecule has 2 N–H and O–H groups in total. The van der Waals surface area contributed by atoms with Gasteiger partial charge in [-0.1, -0.05) is 36.4 Å². The van der Waals surface area contributed by atoms with Gasteiger partial charge in [0.2, 0.25) is 0 Å². The first kappa shape index (κ1) is 28.4. The molecular weight excluding hydrogens is 459 g/mol. The molecule has 5 heteroatoms. The molecule has 0 bridgehead atoms. The number of allylic oxidation sites excluding steroid dienone is 5. The van der Waals surface area contributed by atoms with Crippen molar-refractivity contribution in [2.75, 3.05) is 32.0 Å². The number of piperidine rings is 1. The minimum Gasteiger partial charge on any atom is -0.388 e. The van der Waals surface area contributed by atoms with Crippen LogP contribution < -0.4 is 5.32 Å². The molecule has 0 radical (unpaired) electrons. The lowest BCUT2D eigenvalue weighted by atomic mass is 9.89. The van der Waals surface area contributed by atoms with Crippen LogP contribution in [0.1, 0.15) is 62.5 Å². The molecule has 2 heterocycles. The highest BCUT2D eigenvalue weighted by molar-refractivity contribution is 5.71. The van der Waals surface area contributed by atoms with Crippen molar-refractivity contribution in [1.82, 2.24) is 14.9 Å². The second kappa shape index (κ2) is 15.2. The summed E-state index contributed by atoms with van der Waals surface area (Å²) in [4.78, 5) is 10.7. The summed E-state index contributed by atoms with van der Waals surface area (Å²) in [6.45, 7) is 10.5. The zero-order valence-corrected chi connectivity index (χ0v) is 22.7. The molecule has 0 spiro atoms. The van der Waals surface area contributed by atoms with Crippen LogP contribution in [0.25, 0.3) is 5.57 Å². The molecule has 1 fully saturated rings. The van der Waals surface area contributed by atoms with Gasteiger partial charge in [-0.05, 0) is 107 Å². The number of benzene rings is 1. The van der Waals surface area contributed by atoms with Crippen molar-refractivity contribution >= 4 is 11.3 Å². The average molecular weight is 503 g/mol. The highest BCUT2D eigenvalue weighted by Gasteiger charge is 2.20. The van der Waals surface area contributed by atoms with Gasteiger partial charge in [0.15, 0.2) is 0 Å². The highest BCUT2D eigenvalue weighted by atomic mass is 19.1. The molecule has 37 heavy (non-hydrogen) atoms. The molecule has 0 amide bonds. The number of hydrogen-bond acceptors (Lipinski definition) is 3. The number of rotatable bonds is 7. The van der Waals surface area contributed by atoms with Crippen LogP contribution in [0.15, 0.2) is 85.1 Å². The van der Waals surface area contributed by atoms with Crippen LogP contribution in [0.2, 0.25) is 0 Å². The van der Waals surface area contributed by atoms with Gasteiger partial charge in [-0.15, -0.1) is 6.58 Å². The molecule has 1 aromatic carbocycles. The van der Waals surface area contributed by atoms with Crippen molar-refractivity contribution in [1.29, 1.82) is 0 Å². The van der Waals surface area contributed by atoms with Crippen molar-refractivity contribution < 1.29 is 4.39 Å². The van der Waals surface area contributed by atoms with E-state index in [1.807, 2.05) is 45.2 Å². The zero-order valence-electron chi connectivity index (χ0n) is 22.7. The summed E-state index contributed by atoms with van der Waals surface area (Å²) in [5.74, 6) is 1.45. The van der Waals surface area contributed by atoms with Gasteiger partial charge >= 0.3 is 0 Å². The number of alkyl halides is 1. The molecule has 1 aromatic heterocycles. The molecule has 1 atom stereocenters. The van der Waals surface area contributed by atoms with E-state index in [4.69, 9.17) is 0 Å². The van der Waals surface area contributed by atoms with Crippen LogP contribution in [0.3, 0.4) is 0 Å². The fourth-order valence-electron chi connectivity index (χ4n) is 4.83. The molecule has 4 rings (SSSR count). The van der Waals surface area contributed by atoms with Crippen molar-refractivity contribution in [3.8, 4) is 0 Å². The summed E-state index contributed by atoms with van der Waals surface area (Å²) < 4.78 is 13.9. The SMILES string of the molecule is C=CC.CNc1cccc(C2CCN(CCCc3cccccnc(C4=CCC(F)C(C)=C4)[nH]3)CC2)c1. The Bertz CT molecular complexity index is 1110. The number of nitrogens with zero attached hydrogens (tertiary/aromatic N) is 2. The lowest BCUT2D eigenvalue weighted by Gasteiger charge is -2.32. The van der Waals surface area contributed by atoms with Gasteiger partial charge in [-0.2, -0.15) is 0 Å². The normalized spacial score (nSPS) is 18.0. The summed E-state index contributed by atoms with van der Waals surface area (Å²) in [5, 5.41) is 3.25. The fourth-order valence-corrected chi connectivity index (χ4v) is 4.83. The lowest BCUT2D eigenvalue weighted by molar-refractivity contribution is 0.210. The van der Waals surface area contributed by atoms with E-state index >= 15 is 0 Å². The molecule has 1 aliphatic heterocycles. The van der Waals surface area contributed by atoms with Crippen LogP contribution in [0, 0.1) is 0 Å². The second-order valence-corrected chi connectivity index (χ2v) is 9.78. The van der Waals surface area contributed by atoms with E-state index in [2.05, 4.69) is 63.2 Å². The van der Waals surface area contributed by atoms with E-state index in [0.29, 0.717) is 12.3 Å². The summed E-state index contributed by atoms with van der Waals surface area (Å²) in [6, 6.07) is 16.9. The molecule has 2 aromatic rings. The highest BCUT2D eigenvalue weighted by Crippen LogP contribution is 2.29. The Hall–Kier alpha value is -3.18. The number of anilines is 1. The molecule has 0 saturated carbocycles. The van der Waals surface area contributed by atoms with Gasteiger partial charge in [-0.25, -0.2) is 9.37 Å². The van der Waals surface area contributed by atoms with E-state index < -0.39 is 6.17 Å². The Morgan fingerprint density at radius 3 is 2.68 bits per heavy atom. The predicted octanol–water partition coefficient (Wildman–Crippen LogP) is 7.65. The van der Waals surface area contributed by atoms with Gasteiger partial charge < -0.3 is 15.2 Å². The van der Waals surface area contributed by atoms with Gasteiger partial charge in [0.05, 0.1) is 0 Å². The first-order valence-electron chi connectivity index (χ1n) is 13.5. The smallest absolute Gasteiger partial charge is 0.137 e. The van der Waals surface area contributed by atoms with Crippen molar-refractivity contribution in [2.24, 2.45) is 0 Å². The lowest BCUT2D eigenvalue weighted by Crippen LogP contribution is -2.33. The van der Waals surface area contributed by atoms with Gasteiger partial charge in [0, 0.05) is 36.6 Å². The monoisotopic (exact) mass is 502 g/mol. The topological polar surface area (TPSA) is 44.0 Å². The van der Waals surface area contributed by atoms with E-state index in [0.717, 1.165) is 55.1 Å². The van der Waals surface area contributed by atoms with Crippen LogP contribution in [0.4, 0.5) is 10.1 Å². The first-order chi connectivity index (χ1) is 18.0. The molecule has 1 unspecified atom stereocenters. The van der Waals surface area contributed by atoms with Crippen LogP contribution in [-0.2, 0) is 6.42 Å². The number of nitrogens with one attached hydrogen (secondary N) is 2. The Morgan fingerprint density at radius 1 is 1.16 bits per heavy atom. The largest absolute Gasteiger partial charge is 0.388 e. The Morgan fingerprint density at radius 2 is 1.95 bits per heavy atom. The standard InChI is InChI=1S/C29H37FN4.C3H6/c1-22-20-25(12-13-28(22)30)29-32-16-5-3-4-9-26(33-29)11-7-17-34-18-14-23(15-19-34)24-8-6-10-27(21-24)31-2;1-3-2/h3-6,8-10,12,16,20-21,23,28,31H,7,11,13-15,17-19H2,1-2H3,(H,32,33);3H,1H2,2H3. The third kappa shape index (κ3) is 9.01. The van der Waals surface area contributed by atoms with E-state index in [1.165, 1.54) is 24.1 Å². The van der Waals surface area contributed by atoms with Gasteiger partial charge in [-0.3, -0.25) is 0 Å². The van der Waals surface area contributed by atoms with Gasteiger partial charge in [0.25, 0.3) is 0 Å². The molecule has 1 aliphatic carbocycles. The van der Waals surface area contributed by atoms with Crippen molar-refractivity contribution in [3.05, 3.63) is 102 Å². The third-order valence-electron chi connectivity index (χ3n) is 6.94. The predicted molar refractivity (Wildman–Crippen MR) is 156 cm³/mol. The van der Waals surface area contributed by atoms with Gasteiger partial charge in [0.1, 0.15) is 12.0 Å². The number of aromatic amines is 1. The number of H-pyrrole nitrogens is 1. The summed E-state index contributed by atoms with van der Waals surface area (Å²) >= 11 is 0. The number of halogens is 1. The summed E-state index contributed by atoms with van der Waals surface area (Å²) in [7, 11) is 1.98. The van der Waals surface area contributed by atoms with Crippen LogP contribution >= 0.6 is 0 Å². The number of likely N-dealkylation sites (tertiary alicyclic amines) is 1. The van der Waals surface area contributed by atoms with E-state index in [1.54, 1.807) is 12.3 Å². The first-order valence-corrected chi connectivity index (χ1v) is 13.5.